The first kappa shape index (κ1) is 71.0. The fourth-order valence-electron chi connectivity index (χ4n) is 8.56. The van der Waals surface area contributed by atoms with E-state index in [-0.39, 0.29) is 25.2 Å². The first-order chi connectivity index (χ1) is 37.1. The molecule has 0 aliphatic rings. The van der Waals surface area contributed by atoms with Crippen LogP contribution in [0.2, 0.25) is 0 Å². The summed E-state index contributed by atoms with van der Waals surface area (Å²) in [4.78, 5) is 24.6. The minimum Gasteiger partial charge on any atom is -0.462 e. The van der Waals surface area contributed by atoms with Gasteiger partial charge in [0, 0.05) is 12.8 Å². The maximum atomic E-state index is 12.3. The second-order valence-corrected chi connectivity index (χ2v) is 20.4. The van der Waals surface area contributed by atoms with Gasteiger partial charge in [-0.3, -0.25) is 9.59 Å². The van der Waals surface area contributed by atoms with E-state index in [1.807, 2.05) is 0 Å². The van der Waals surface area contributed by atoms with Gasteiger partial charge in [-0.25, -0.2) is 0 Å². The molecule has 0 heterocycles. The molecule has 426 valence electrons. The topological polar surface area (TPSA) is 72.8 Å². The molecule has 0 bridgehead atoms. The highest BCUT2D eigenvalue weighted by atomic mass is 16.6. The van der Waals surface area contributed by atoms with Gasteiger partial charge in [-0.05, 0) is 96.3 Å². The van der Waals surface area contributed by atoms with Crippen molar-refractivity contribution in [3.8, 4) is 0 Å². The average Bonchev–Trinajstić information content (AvgIpc) is 3.41. The number of aliphatic hydroxyl groups excluding tert-OH is 1. The highest BCUT2D eigenvalue weighted by molar-refractivity contribution is 5.70. The first-order valence-electron chi connectivity index (χ1n) is 31.2. The third kappa shape index (κ3) is 62.5. The molecule has 0 saturated carbocycles. The van der Waals surface area contributed by atoms with Crippen molar-refractivity contribution < 1.29 is 24.2 Å². The predicted octanol–water partition coefficient (Wildman–Crippen LogP) is 21.6. The number of aliphatic hydroxyl groups is 1. The molecule has 0 fully saturated rings. The molecule has 0 aromatic heterocycles. The summed E-state index contributed by atoms with van der Waals surface area (Å²) in [6.45, 7) is 4.02. The van der Waals surface area contributed by atoms with Crippen LogP contribution in [0.25, 0.3) is 0 Å². The summed E-state index contributed by atoms with van der Waals surface area (Å²) in [5, 5.41) is 9.67. The van der Waals surface area contributed by atoms with E-state index in [1.165, 1.54) is 135 Å². The van der Waals surface area contributed by atoms with Gasteiger partial charge in [0.2, 0.25) is 0 Å². The Morgan fingerprint density at radius 1 is 0.320 bits per heavy atom. The van der Waals surface area contributed by atoms with Crippen LogP contribution in [0.15, 0.2) is 134 Å². The maximum Gasteiger partial charge on any atom is 0.306 e. The van der Waals surface area contributed by atoms with Crippen LogP contribution in [0.1, 0.15) is 277 Å². The van der Waals surface area contributed by atoms with E-state index in [0.717, 1.165) is 116 Å². The second kappa shape index (κ2) is 64.3. The molecule has 0 amide bonds. The first-order valence-corrected chi connectivity index (χ1v) is 31.2. The average molecular weight is 1040 g/mol. The minimum atomic E-state index is -0.798. The maximum absolute atomic E-state index is 12.3. The standard InChI is InChI=1S/C70H116O5/c1-3-5-7-9-11-13-15-17-19-21-23-25-27-29-30-31-32-33-34-35-36-37-38-39-40-41-43-45-47-49-51-53-55-57-59-61-63-65-70(73)75-68(66-71)67-74-69(72)64-62-60-58-56-54-52-50-48-46-44-42-28-26-24-22-20-18-16-14-12-10-8-6-4-2/h5,7,11,13,17,19,23,25,29-30,32-33,35-36,38-39,41,43,47,49,53,55,68,71H,3-4,6,8-10,12,14-16,18,20-22,24,26-28,31,34,37,40,42,44-46,48,50-52,54,56-67H2,1-2H3/b7-5-,13-11-,19-17-,25-23-,30-29-,33-32-,36-35-,39-38-,43-41-,49-47-,55-53-. The van der Waals surface area contributed by atoms with E-state index in [9.17, 15) is 14.7 Å². The molecule has 0 rings (SSSR count). The van der Waals surface area contributed by atoms with Crippen LogP contribution in [0.4, 0.5) is 0 Å². The van der Waals surface area contributed by atoms with E-state index in [0.29, 0.717) is 12.8 Å². The van der Waals surface area contributed by atoms with Gasteiger partial charge in [0.25, 0.3) is 0 Å². The Bertz CT molecular complexity index is 1550. The normalized spacial score (nSPS) is 13.2. The molecular formula is C70H116O5. The molecule has 1 N–H and O–H groups in total. The zero-order valence-corrected chi connectivity index (χ0v) is 48.8. The van der Waals surface area contributed by atoms with Crippen LogP contribution in [0.3, 0.4) is 0 Å². The number of allylic oxidation sites excluding steroid dienone is 22. The van der Waals surface area contributed by atoms with Gasteiger partial charge >= 0.3 is 11.9 Å². The summed E-state index contributed by atoms with van der Waals surface area (Å²) < 4.78 is 10.7. The van der Waals surface area contributed by atoms with Crippen LogP contribution in [0, 0.1) is 0 Å². The number of ether oxygens (including phenoxy) is 2. The molecule has 0 aromatic rings. The molecule has 0 saturated heterocycles. The number of unbranched alkanes of at least 4 members (excludes halogenated alkanes) is 26. The Morgan fingerprint density at radius 2 is 0.573 bits per heavy atom. The summed E-state index contributed by atoms with van der Waals surface area (Å²) in [5.41, 5.74) is 0. The Morgan fingerprint density at radius 3 is 0.867 bits per heavy atom. The lowest BCUT2D eigenvalue weighted by molar-refractivity contribution is -0.161. The van der Waals surface area contributed by atoms with Gasteiger partial charge in [0.1, 0.15) is 6.61 Å². The summed E-state index contributed by atoms with van der Waals surface area (Å²) in [6.07, 6.45) is 95.8. The van der Waals surface area contributed by atoms with Crippen molar-refractivity contribution in [1.29, 1.82) is 0 Å². The second-order valence-electron chi connectivity index (χ2n) is 20.4. The van der Waals surface area contributed by atoms with Crippen molar-refractivity contribution in [3.05, 3.63) is 134 Å². The van der Waals surface area contributed by atoms with Gasteiger partial charge in [-0.1, -0.05) is 302 Å². The highest BCUT2D eigenvalue weighted by Gasteiger charge is 2.16. The lowest BCUT2D eigenvalue weighted by atomic mass is 10.0. The summed E-state index contributed by atoms with van der Waals surface area (Å²) in [6, 6.07) is 0. The highest BCUT2D eigenvalue weighted by Crippen LogP contribution is 2.16. The van der Waals surface area contributed by atoms with Crippen molar-refractivity contribution >= 4 is 11.9 Å². The molecule has 0 aromatic carbocycles. The molecule has 75 heavy (non-hydrogen) atoms. The van der Waals surface area contributed by atoms with Gasteiger partial charge in [-0.15, -0.1) is 0 Å². The van der Waals surface area contributed by atoms with Gasteiger partial charge in [-0.2, -0.15) is 0 Å². The van der Waals surface area contributed by atoms with Crippen molar-refractivity contribution in [2.75, 3.05) is 13.2 Å². The smallest absolute Gasteiger partial charge is 0.306 e. The molecule has 0 aliphatic heterocycles. The third-order valence-electron chi connectivity index (χ3n) is 13.2. The van der Waals surface area contributed by atoms with E-state index < -0.39 is 6.10 Å². The summed E-state index contributed by atoms with van der Waals surface area (Å²) >= 11 is 0. The van der Waals surface area contributed by atoms with E-state index >= 15 is 0 Å². The molecule has 0 spiro atoms. The number of carbonyl (C=O) groups is 2. The SMILES string of the molecule is CC/C=C\C/C=C\C/C=C\C/C=C\C/C=C\C/C=C\C/C=C\C/C=C\C/C=C\C/C=C\C/C=C\CCCCCC(=O)OC(CO)COC(=O)CCCCCCCCCCCCCCCCCCCCCCCCCC. The molecule has 5 heteroatoms. The van der Waals surface area contributed by atoms with Crippen molar-refractivity contribution in [2.24, 2.45) is 0 Å². The van der Waals surface area contributed by atoms with Crippen LogP contribution >= 0.6 is 0 Å². The zero-order valence-electron chi connectivity index (χ0n) is 48.8. The van der Waals surface area contributed by atoms with E-state index in [4.69, 9.17) is 9.47 Å². The van der Waals surface area contributed by atoms with Crippen LogP contribution < -0.4 is 0 Å². The van der Waals surface area contributed by atoms with Gasteiger partial charge < -0.3 is 14.6 Å². The number of carbonyl (C=O) groups excluding carboxylic acids is 2. The Balaban J connectivity index is 3.62. The molecule has 1 unspecified atom stereocenters. The van der Waals surface area contributed by atoms with Crippen LogP contribution in [-0.4, -0.2) is 36.4 Å². The number of rotatable bonds is 56. The van der Waals surface area contributed by atoms with Crippen LogP contribution in [-0.2, 0) is 19.1 Å². The fourth-order valence-corrected chi connectivity index (χ4v) is 8.56. The molecular weight excluding hydrogens is 921 g/mol. The zero-order chi connectivity index (χ0) is 54.1. The minimum absolute atomic E-state index is 0.0842. The lowest BCUT2D eigenvalue weighted by Gasteiger charge is -2.15. The number of hydrogen-bond donors (Lipinski definition) is 1. The fraction of sp³-hybridized carbons (Fsp3) is 0.657. The molecule has 0 aliphatic carbocycles. The van der Waals surface area contributed by atoms with Crippen molar-refractivity contribution in [1.82, 2.24) is 0 Å². The summed E-state index contributed by atoms with van der Waals surface area (Å²) in [5.74, 6) is -0.628. The number of hydrogen-bond acceptors (Lipinski definition) is 5. The molecule has 5 nitrogen and oxygen atoms in total. The van der Waals surface area contributed by atoms with Gasteiger partial charge in [0.05, 0.1) is 6.61 Å². The molecule has 1 atom stereocenters. The lowest BCUT2D eigenvalue weighted by Crippen LogP contribution is -2.28. The Kier molecular flexibility index (Phi) is 60.9. The third-order valence-corrected chi connectivity index (χ3v) is 13.2. The van der Waals surface area contributed by atoms with Crippen molar-refractivity contribution in [3.63, 3.8) is 0 Å². The van der Waals surface area contributed by atoms with Crippen LogP contribution in [0.5, 0.6) is 0 Å². The molecule has 0 radical (unpaired) electrons. The van der Waals surface area contributed by atoms with Gasteiger partial charge in [0.15, 0.2) is 6.10 Å². The predicted molar refractivity (Wildman–Crippen MR) is 329 cm³/mol. The Hall–Kier alpha value is -3.96. The monoisotopic (exact) mass is 1040 g/mol. The van der Waals surface area contributed by atoms with Crippen molar-refractivity contribution in [2.45, 2.75) is 283 Å². The quantitative estimate of drug-likeness (QED) is 0.0373. The number of esters is 2. The summed E-state index contributed by atoms with van der Waals surface area (Å²) in [7, 11) is 0. The largest absolute Gasteiger partial charge is 0.462 e. The van der Waals surface area contributed by atoms with E-state index in [1.54, 1.807) is 0 Å². The Labute approximate surface area is 464 Å². The van der Waals surface area contributed by atoms with E-state index in [2.05, 4.69) is 148 Å².